The average Bonchev–Trinajstić information content (AvgIpc) is 2.12. The minimum absolute atomic E-state index is 0.0207. The van der Waals surface area contributed by atoms with Crippen LogP contribution in [0.2, 0.25) is 0 Å². The molecular formula is C7H20N2O8P2. The molecule has 0 aliphatic rings. The molecule has 0 fully saturated rings. The van der Waals surface area contributed by atoms with E-state index in [1.807, 2.05) is 0 Å². The van der Waals surface area contributed by atoms with Gasteiger partial charge in [-0.15, -0.1) is 0 Å². The van der Waals surface area contributed by atoms with Gasteiger partial charge in [0.25, 0.3) is 0 Å². The van der Waals surface area contributed by atoms with E-state index >= 15 is 0 Å². The van der Waals surface area contributed by atoms with Crippen LogP contribution in [-0.2, 0) is 9.13 Å². The lowest BCUT2D eigenvalue weighted by Gasteiger charge is -2.26. The fraction of sp³-hybridized carbons (Fsp3) is 1.00. The Bertz CT molecular complexity index is 329. The zero-order valence-electron chi connectivity index (χ0n) is 10.4. The quantitative estimate of drug-likeness (QED) is 0.248. The number of hydrogen-bond donors (Lipinski definition) is 6. The summed E-state index contributed by atoms with van der Waals surface area (Å²) in [5, 5.41) is 17.7. The summed E-state index contributed by atoms with van der Waals surface area (Å²) < 4.78 is 21.7. The number of hydrogen-bond acceptors (Lipinski definition) is 6. The topological polar surface area (TPSA) is 162 Å². The van der Waals surface area contributed by atoms with Crippen LogP contribution < -0.4 is 0 Å². The summed E-state index contributed by atoms with van der Waals surface area (Å²) in [5.41, 5.74) is 0. The molecule has 0 spiro atoms. The van der Waals surface area contributed by atoms with E-state index in [-0.39, 0.29) is 18.2 Å². The van der Waals surface area contributed by atoms with E-state index in [9.17, 15) is 9.13 Å². The molecule has 0 aromatic rings. The third-order valence-corrected chi connectivity index (χ3v) is 3.88. The normalized spacial score (nSPS) is 15.2. The van der Waals surface area contributed by atoms with Crippen molar-refractivity contribution in [2.24, 2.45) is 0 Å². The lowest BCUT2D eigenvalue weighted by molar-refractivity contribution is -0.333. The van der Waals surface area contributed by atoms with Crippen molar-refractivity contribution >= 4 is 15.2 Å². The second-order valence-electron chi connectivity index (χ2n) is 4.18. The number of rotatable bonds is 9. The van der Waals surface area contributed by atoms with Gasteiger partial charge >= 0.3 is 15.2 Å². The van der Waals surface area contributed by atoms with E-state index in [2.05, 4.69) is 0 Å². The van der Waals surface area contributed by atoms with Gasteiger partial charge in [-0.3, -0.25) is 24.4 Å². The SMILES string of the molecule is CCC(CCN(CP(=O)(O)O)CP(=O)(O)O)N(O)O. The van der Waals surface area contributed by atoms with Crippen molar-refractivity contribution in [2.75, 3.05) is 19.1 Å². The highest BCUT2D eigenvalue weighted by Crippen LogP contribution is 2.40. The zero-order chi connectivity index (χ0) is 15.3. The Morgan fingerprint density at radius 3 is 1.68 bits per heavy atom. The summed E-state index contributed by atoms with van der Waals surface area (Å²) in [4.78, 5) is 36.2. The van der Waals surface area contributed by atoms with Crippen LogP contribution in [0.5, 0.6) is 0 Å². The molecule has 12 heteroatoms. The van der Waals surface area contributed by atoms with Crippen molar-refractivity contribution in [2.45, 2.75) is 25.8 Å². The minimum Gasteiger partial charge on any atom is -0.324 e. The first-order valence-electron chi connectivity index (χ1n) is 5.43. The molecular weight excluding hydrogens is 302 g/mol. The van der Waals surface area contributed by atoms with Crippen LogP contribution in [0.3, 0.4) is 0 Å². The molecule has 0 saturated carbocycles. The number of hydroxylamine groups is 2. The summed E-state index contributed by atoms with van der Waals surface area (Å²) in [6.07, 6.45) is -1.16. The fourth-order valence-electron chi connectivity index (χ4n) is 1.52. The van der Waals surface area contributed by atoms with Gasteiger partial charge in [-0.25, -0.2) is 0 Å². The number of nitrogens with zero attached hydrogens (tertiary/aromatic N) is 2. The Kier molecular flexibility index (Phi) is 7.86. The smallest absolute Gasteiger partial charge is 0.324 e. The maximum atomic E-state index is 10.9. The Hall–Kier alpha value is 0.140. The van der Waals surface area contributed by atoms with Crippen LogP contribution in [0.25, 0.3) is 0 Å². The van der Waals surface area contributed by atoms with E-state index in [1.54, 1.807) is 6.92 Å². The predicted octanol–water partition coefficient (Wildman–Crippen LogP) is -0.192. The summed E-state index contributed by atoms with van der Waals surface area (Å²) in [6, 6.07) is -0.684. The highest BCUT2D eigenvalue weighted by molar-refractivity contribution is 7.52. The van der Waals surface area contributed by atoms with Crippen molar-refractivity contribution in [3.63, 3.8) is 0 Å². The van der Waals surface area contributed by atoms with Gasteiger partial charge < -0.3 is 19.6 Å². The maximum absolute atomic E-state index is 10.9. The van der Waals surface area contributed by atoms with Crippen LogP contribution in [-0.4, -0.2) is 65.3 Å². The monoisotopic (exact) mass is 322 g/mol. The first-order chi connectivity index (χ1) is 8.44. The van der Waals surface area contributed by atoms with Gasteiger partial charge in [-0.05, 0) is 12.8 Å². The zero-order valence-corrected chi connectivity index (χ0v) is 12.2. The van der Waals surface area contributed by atoms with Crippen molar-refractivity contribution in [1.82, 2.24) is 10.1 Å². The fourth-order valence-corrected chi connectivity index (χ4v) is 3.20. The van der Waals surface area contributed by atoms with E-state index in [0.29, 0.717) is 6.42 Å². The van der Waals surface area contributed by atoms with Crippen LogP contribution in [0.15, 0.2) is 0 Å². The summed E-state index contributed by atoms with van der Waals surface area (Å²) in [7, 11) is -8.91. The minimum atomic E-state index is -4.46. The highest BCUT2D eigenvalue weighted by Gasteiger charge is 2.26. The summed E-state index contributed by atoms with van der Waals surface area (Å²) >= 11 is 0. The molecule has 1 atom stereocenters. The third-order valence-electron chi connectivity index (χ3n) is 2.34. The van der Waals surface area contributed by atoms with Crippen LogP contribution in [0.4, 0.5) is 0 Å². The largest absolute Gasteiger partial charge is 0.339 e. The molecule has 0 aliphatic heterocycles. The van der Waals surface area contributed by atoms with Crippen molar-refractivity contribution in [1.29, 1.82) is 0 Å². The van der Waals surface area contributed by atoms with Gasteiger partial charge in [0, 0.05) is 6.54 Å². The van der Waals surface area contributed by atoms with Crippen molar-refractivity contribution in [3.05, 3.63) is 0 Å². The predicted molar refractivity (Wildman–Crippen MR) is 64.6 cm³/mol. The lowest BCUT2D eigenvalue weighted by atomic mass is 10.1. The molecule has 0 aliphatic carbocycles. The van der Waals surface area contributed by atoms with E-state index in [0.717, 1.165) is 4.90 Å². The molecule has 0 saturated heterocycles. The molecule has 19 heavy (non-hydrogen) atoms. The first kappa shape index (κ1) is 19.1. The van der Waals surface area contributed by atoms with E-state index in [1.165, 1.54) is 0 Å². The second-order valence-corrected chi connectivity index (χ2v) is 7.40. The van der Waals surface area contributed by atoms with Gasteiger partial charge in [0.05, 0.1) is 6.04 Å². The van der Waals surface area contributed by atoms with Gasteiger partial charge in [-0.1, -0.05) is 12.2 Å². The molecule has 0 radical (unpaired) electrons. The van der Waals surface area contributed by atoms with Gasteiger partial charge in [-0.2, -0.15) is 0 Å². The Labute approximate surface area is 110 Å². The van der Waals surface area contributed by atoms with Gasteiger partial charge in [0.1, 0.15) is 12.6 Å². The molecule has 116 valence electrons. The average molecular weight is 322 g/mol. The van der Waals surface area contributed by atoms with Gasteiger partial charge in [0.15, 0.2) is 0 Å². The summed E-state index contributed by atoms with van der Waals surface area (Å²) in [6.45, 7) is 1.58. The molecule has 0 rings (SSSR count). The highest BCUT2D eigenvalue weighted by atomic mass is 31.2. The van der Waals surface area contributed by atoms with Crippen molar-refractivity contribution in [3.8, 4) is 0 Å². The Morgan fingerprint density at radius 2 is 1.42 bits per heavy atom. The Morgan fingerprint density at radius 1 is 1.00 bits per heavy atom. The van der Waals surface area contributed by atoms with Crippen LogP contribution in [0.1, 0.15) is 19.8 Å². The third kappa shape index (κ3) is 10.6. The first-order valence-corrected chi connectivity index (χ1v) is 9.02. The Balaban J connectivity index is 4.59. The molecule has 6 N–H and O–H groups in total. The van der Waals surface area contributed by atoms with Crippen molar-refractivity contribution < 1.29 is 39.1 Å². The second kappa shape index (κ2) is 7.80. The molecule has 0 aromatic heterocycles. The molecule has 0 heterocycles. The molecule has 0 aromatic carbocycles. The van der Waals surface area contributed by atoms with Crippen LogP contribution >= 0.6 is 15.2 Å². The molecule has 0 amide bonds. The standard InChI is InChI=1S/C7H20N2O8P2/c1-2-7(9(10)11)3-4-8(5-18(12,13)14)6-19(15,16)17/h7,10-11H,2-6H2,1H3,(H2,12,13,14)(H2,15,16,17). The molecule has 10 nitrogen and oxygen atoms in total. The van der Waals surface area contributed by atoms with E-state index < -0.39 is 33.8 Å². The molecule has 1 unspecified atom stereocenters. The van der Waals surface area contributed by atoms with E-state index in [4.69, 9.17) is 30.0 Å². The van der Waals surface area contributed by atoms with Gasteiger partial charge in [0.2, 0.25) is 0 Å². The molecule has 0 bridgehead atoms. The maximum Gasteiger partial charge on any atom is 0.339 e. The van der Waals surface area contributed by atoms with Crippen LogP contribution in [0, 0.1) is 0 Å². The lowest BCUT2D eigenvalue weighted by Crippen LogP contribution is -2.35. The summed E-state index contributed by atoms with van der Waals surface area (Å²) in [5.74, 6) is 0.